The number of hydrogen-bond acceptors (Lipinski definition) is 1. The van der Waals surface area contributed by atoms with E-state index in [1.54, 1.807) is 0 Å². The lowest BCUT2D eigenvalue weighted by molar-refractivity contribution is 0.217. The third-order valence-electron chi connectivity index (χ3n) is 4.23. The Hall–Kier alpha value is -2.19. The molecule has 2 heteroatoms. The van der Waals surface area contributed by atoms with Crippen molar-refractivity contribution in [3.8, 4) is 0 Å². The average molecular weight is 364 g/mol. The Morgan fingerprint density at radius 3 is 2.04 bits per heavy atom. The number of hydrogen-bond donors (Lipinski definition) is 0. The van der Waals surface area contributed by atoms with E-state index in [4.69, 9.17) is 4.74 Å². The quantitative estimate of drug-likeness (QED) is 0.402. The molecule has 0 radical (unpaired) electrons. The Morgan fingerprint density at radius 2 is 1.46 bits per heavy atom. The van der Waals surface area contributed by atoms with Gasteiger partial charge in [0.1, 0.15) is 5.76 Å². The van der Waals surface area contributed by atoms with Crippen molar-refractivity contribution in [3.63, 3.8) is 0 Å². The summed E-state index contributed by atoms with van der Waals surface area (Å²) in [5, 5.41) is 0. The van der Waals surface area contributed by atoms with E-state index in [-0.39, 0.29) is 10.9 Å². The second-order valence-corrected chi connectivity index (χ2v) is 8.49. The highest BCUT2D eigenvalue weighted by Gasteiger charge is 2.30. The van der Waals surface area contributed by atoms with E-state index in [2.05, 4.69) is 98.8 Å². The second-order valence-electron chi connectivity index (χ2n) is 6.46. The van der Waals surface area contributed by atoms with Crippen LogP contribution in [0.5, 0.6) is 0 Å². The molecule has 0 bridgehead atoms. The van der Waals surface area contributed by atoms with Gasteiger partial charge >= 0.3 is 0 Å². The average Bonchev–Trinajstić information content (AvgIpc) is 2.85. The normalized spacial score (nSPS) is 16.8. The van der Waals surface area contributed by atoms with Gasteiger partial charge in [0.2, 0.25) is 0 Å². The molecule has 0 heterocycles. The summed E-state index contributed by atoms with van der Waals surface area (Å²) in [5.74, 6) is 1.33. The maximum atomic E-state index is 5.96. The lowest BCUT2D eigenvalue weighted by Crippen LogP contribution is -2.06. The standard InChI is InChI=1S/C24H27OS/c1-3-4-17-25-21-15-16-24(19-20(2)18-21)26(22-11-7-5-8-12-22)23-13-9-6-10-14-23/h5-16,18-20H,3-4,17H2,1-2H3/q+1. The smallest absolute Gasteiger partial charge is 0.166 e. The highest BCUT2D eigenvalue weighted by atomic mass is 32.2. The van der Waals surface area contributed by atoms with E-state index in [0.29, 0.717) is 5.92 Å². The molecule has 2 aromatic carbocycles. The van der Waals surface area contributed by atoms with Crippen molar-refractivity contribution in [1.82, 2.24) is 0 Å². The number of ether oxygens (including phenoxy) is 1. The number of benzene rings is 2. The summed E-state index contributed by atoms with van der Waals surface area (Å²) in [6.07, 6.45) is 11.2. The van der Waals surface area contributed by atoms with Crippen molar-refractivity contribution in [2.75, 3.05) is 6.61 Å². The van der Waals surface area contributed by atoms with Crippen LogP contribution in [0.3, 0.4) is 0 Å². The van der Waals surface area contributed by atoms with Crippen molar-refractivity contribution in [2.24, 2.45) is 5.92 Å². The molecule has 3 rings (SSSR count). The molecule has 0 saturated carbocycles. The van der Waals surface area contributed by atoms with Gasteiger partial charge in [0.05, 0.1) is 17.5 Å². The maximum Gasteiger partial charge on any atom is 0.166 e. The van der Waals surface area contributed by atoms with Crippen LogP contribution in [0, 0.1) is 5.92 Å². The van der Waals surface area contributed by atoms with E-state index in [9.17, 15) is 0 Å². The topological polar surface area (TPSA) is 9.23 Å². The second kappa shape index (κ2) is 9.49. The number of rotatable bonds is 7. The van der Waals surface area contributed by atoms with Crippen molar-refractivity contribution in [3.05, 3.63) is 95.6 Å². The zero-order chi connectivity index (χ0) is 18.2. The molecule has 1 nitrogen and oxygen atoms in total. The first-order valence-electron chi connectivity index (χ1n) is 9.37. The fourth-order valence-corrected chi connectivity index (χ4v) is 5.16. The minimum Gasteiger partial charge on any atom is -0.494 e. The maximum absolute atomic E-state index is 5.96. The Kier molecular flexibility index (Phi) is 6.79. The van der Waals surface area contributed by atoms with Gasteiger partial charge in [0.15, 0.2) is 14.7 Å². The third kappa shape index (κ3) is 4.92. The summed E-state index contributed by atoms with van der Waals surface area (Å²) in [4.78, 5) is 4.04. The molecule has 0 fully saturated rings. The largest absolute Gasteiger partial charge is 0.494 e. The van der Waals surface area contributed by atoms with E-state index in [1.165, 1.54) is 14.7 Å². The lowest BCUT2D eigenvalue weighted by atomic mass is 10.1. The minimum atomic E-state index is -0.106. The Morgan fingerprint density at radius 1 is 0.846 bits per heavy atom. The Bertz CT molecular complexity index is 735. The molecule has 1 aliphatic rings. The molecular weight excluding hydrogens is 336 g/mol. The highest BCUT2D eigenvalue weighted by molar-refractivity contribution is 8.00. The first kappa shape index (κ1) is 18.6. The molecule has 134 valence electrons. The van der Waals surface area contributed by atoms with Crippen molar-refractivity contribution in [2.45, 2.75) is 36.5 Å². The van der Waals surface area contributed by atoms with Crippen LogP contribution in [0.25, 0.3) is 0 Å². The van der Waals surface area contributed by atoms with E-state index < -0.39 is 0 Å². The van der Waals surface area contributed by atoms with Crippen molar-refractivity contribution >= 4 is 10.9 Å². The number of allylic oxidation sites excluding steroid dienone is 4. The predicted octanol–water partition coefficient (Wildman–Crippen LogP) is 6.51. The zero-order valence-electron chi connectivity index (χ0n) is 15.6. The van der Waals surface area contributed by atoms with Crippen LogP contribution in [-0.4, -0.2) is 6.61 Å². The summed E-state index contributed by atoms with van der Waals surface area (Å²) in [5.41, 5.74) is 0. The molecule has 2 aromatic rings. The fraction of sp³-hybridized carbons (Fsp3) is 0.250. The molecule has 1 aliphatic carbocycles. The fourth-order valence-electron chi connectivity index (χ4n) is 2.93. The molecule has 0 saturated heterocycles. The van der Waals surface area contributed by atoms with Crippen molar-refractivity contribution < 1.29 is 4.74 Å². The molecule has 0 aliphatic heterocycles. The molecule has 1 unspecified atom stereocenters. The monoisotopic (exact) mass is 363 g/mol. The van der Waals surface area contributed by atoms with Gasteiger partial charge in [-0.2, -0.15) is 0 Å². The van der Waals surface area contributed by atoms with Gasteiger partial charge < -0.3 is 4.74 Å². The molecule has 0 amide bonds. The summed E-state index contributed by atoms with van der Waals surface area (Å²) in [6, 6.07) is 21.6. The molecule has 1 atom stereocenters. The predicted molar refractivity (Wildman–Crippen MR) is 112 cm³/mol. The van der Waals surface area contributed by atoms with Gasteiger partial charge in [-0.05, 0) is 55.0 Å². The summed E-state index contributed by atoms with van der Waals surface area (Å²) < 4.78 is 5.96. The minimum absolute atomic E-state index is 0.106. The van der Waals surface area contributed by atoms with Gasteiger partial charge in [-0.1, -0.05) is 56.7 Å². The third-order valence-corrected chi connectivity index (χ3v) is 6.46. The van der Waals surface area contributed by atoms with Crippen LogP contribution in [0.1, 0.15) is 26.7 Å². The van der Waals surface area contributed by atoms with Gasteiger partial charge in [0, 0.05) is 5.92 Å². The molecule has 0 spiro atoms. The van der Waals surface area contributed by atoms with E-state index >= 15 is 0 Å². The van der Waals surface area contributed by atoms with Crippen LogP contribution in [0.2, 0.25) is 0 Å². The van der Waals surface area contributed by atoms with Crippen molar-refractivity contribution in [1.29, 1.82) is 0 Å². The zero-order valence-corrected chi connectivity index (χ0v) is 16.4. The summed E-state index contributed by atoms with van der Waals surface area (Å²) in [7, 11) is -0.106. The first-order chi connectivity index (χ1) is 12.8. The van der Waals surface area contributed by atoms with Gasteiger partial charge in [0.25, 0.3) is 0 Å². The van der Waals surface area contributed by atoms with Crippen LogP contribution in [-0.2, 0) is 15.6 Å². The van der Waals surface area contributed by atoms with Gasteiger partial charge in [-0.15, -0.1) is 0 Å². The van der Waals surface area contributed by atoms with E-state index in [0.717, 1.165) is 25.2 Å². The van der Waals surface area contributed by atoms with Crippen LogP contribution in [0.4, 0.5) is 0 Å². The van der Waals surface area contributed by atoms with Crippen LogP contribution >= 0.6 is 0 Å². The summed E-state index contributed by atoms with van der Waals surface area (Å²) in [6.45, 7) is 5.21. The number of unbranched alkanes of at least 4 members (excludes halogenated alkanes) is 1. The highest BCUT2D eigenvalue weighted by Crippen LogP contribution is 2.33. The van der Waals surface area contributed by atoms with Gasteiger partial charge in [-0.25, -0.2) is 0 Å². The van der Waals surface area contributed by atoms with Crippen LogP contribution in [0.15, 0.2) is 105 Å². The molecule has 0 N–H and O–H groups in total. The molecule has 26 heavy (non-hydrogen) atoms. The Labute approximate surface area is 160 Å². The van der Waals surface area contributed by atoms with Gasteiger partial charge in [-0.3, -0.25) is 0 Å². The van der Waals surface area contributed by atoms with Crippen LogP contribution < -0.4 is 0 Å². The molecular formula is C24H27OS+. The Balaban J connectivity index is 1.91. The SMILES string of the molecule is CCCCOC1=CC(C)C=C([S+](c2ccccc2)c2ccccc2)C=C1. The molecule has 0 aromatic heterocycles. The first-order valence-corrected chi connectivity index (χ1v) is 10.6. The van der Waals surface area contributed by atoms with E-state index in [1.807, 2.05) is 0 Å². The lowest BCUT2D eigenvalue weighted by Gasteiger charge is -2.09. The summed E-state index contributed by atoms with van der Waals surface area (Å²) >= 11 is 0.